The van der Waals surface area contributed by atoms with Crippen LogP contribution in [-0.2, 0) is 16.8 Å². The van der Waals surface area contributed by atoms with Crippen LogP contribution in [0.1, 0.15) is 60.5 Å². The van der Waals surface area contributed by atoms with Crippen molar-refractivity contribution in [1.29, 1.82) is 0 Å². The number of carbonyl (C=O) groups excluding carboxylic acids is 2. The van der Waals surface area contributed by atoms with E-state index in [9.17, 15) is 27.9 Å². The lowest BCUT2D eigenvalue weighted by Crippen LogP contribution is -2.57. The molecule has 2 aromatic rings. The molecule has 2 aromatic carbocycles. The molecule has 0 radical (unpaired) electrons. The summed E-state index contributed by atoms with van der Waals surface area (Å²) in [5.74, 6) is -1.39. The number of likely N-dealkylation sites (tertiary alicyclic amines) is 1. The maximum atomic E-state index is 14.1. The maximum absolute atomic E-state index is 14.1. The highest BCUT2D eigenvalue weighted by atomic mass is 35.5. The Hall–Kier alpha value is -2.78. The summed E-state index contributed by atoms with van der Waals surface area (Å²) in [4.78, 5) is 27.9. The Bertz CT molecular complexity index is 1180. The Kier molecular flexibility index (Phi) is 9.60. The minimum absolute atomic E-state index is 0.120. The molecule has 1 saturated heterocycles. The number of piperidine rings is 1. The number of unbranched alkanes of at least 4 members (excludes halogenated alkanes) is 1. The number of aliphatic hydroxyl groups is 1. The number of alkyl halides is 3. The van der Waals surface area contributed by atoms with Crippen LogP contribution in [0.2, 0.25) is 5.02 Å². The second-order valence-electron chi connectivity index (χ2n) is 10.8. The minimum Gasteiger partial charge on any atom is -0.497 e. The van der Waals surface area contributed by atoms with Crippen molar-refractivity contribution in [2.45, 2.75) is 57.2 Å². The van der Waals surface area contributed by atoms with Gasteiger partial charge in [0.1, 0.15) is 5.75 Å². The molecule has 1 aliphatic heterocycles. The minimum atomic E-state index is -5.20. The number of methoxy groups -OCH3 is 1. The average molecular weight is 569 g/mol. The van der Waals surface area contributed by atoms with Crippen molar-refractivity contribution < 1.29 is 32.6 Å². The summed E-state index contributed by atoms with van der Waals surface area (Å²) >= 11 is 6.30. The van der Waals surface area contributed by atoms with E-state index in [1.54, 1.807) is 20.2 Å². The van der Waals surface area contributed by atoms with Crippen molar-refractivity contribution in [2.24, 2.45) is 5.41 Å². The lowest BCUT2D eigenvalue weighted by Gasteiger charge is -2.42. The number of halogens is 4. The monoisotopic (exact) mass is 568 g/mol. The van der Waals surface area contributed by atoms with E-state index in [1.807, 2.05) is 12.1 Å². The van der Waals surface area contributed by atoms with Gasteiger partial charge in [0.25, 0.3) is 17.4 Å². The van der Waals surface area contributed by atoms with E-state index >= 15 is 0 Å². The summed E-state index contributed by atoms with van der Waals surface area (Å²) in [6.07, 6.45) is -0.681. The van der Waals surface area contributed by atoms with Gasteiger partial charge in [0, 0.05) is 32.7 Å². The third-order valence-electron chi connectivity index (χ3n) is 7.63. The van der Waals surface area contributed by atoms with Crippen LogP contribution in [-0.4, -0.2) is 67.2 Å². The van der Waals surface area contributed by atoms with Crippen LogP contribution in [0.5, 0.6) is 5.75 Å². The SMILES string of the molecule is COc1cccc(C(O)(C(=O)N2CCC(C)(CCCCc3ccc(C(=O)N(C)C)c(Cl)c3)CC2)C(F)(F)F)c1. The zero-order chi connectivity index (χ0) is 29.0. The molecule has 39 heavy (non-hydrogen) atoms. The summed E-state index contributed by atoms with van der Waals surface area (Å²) in [5, 5.41) is 11.2. The number of aryl methyl sites for hydroxylation is 1. The fourth-order valence-corrected chi connectivity index (χ4v) is 5.28. The van der Waals surface area contributed by atoms with E-state index in [1.165, 1.54) is 24.1 Å². The zero-order valence-electron chi connectivity index (χ0n) is 22.8. The number of rotatable bonds is 9. The molecule has 1 fully saturated rings. The van der Waals surface area contributed by atoms with Gasteiger partial charge in [-0.2, -0.15) is 13.2 Å². The van der Waals surface area contributed by atoms with Crippen LogP contribution < -0.4 is 4.74 Å². The number of hydrogen-bond acceptors (Lipinski definition) is 4. The van der Waals surface area contributed by atoms with Crippen molar-refractivity contribution in [3.63, 3.8) is 0 Å². The van der Waals surface area contributed by atoms with Crippen molar-refractivity contribution in [3.05, 3.63) is 64.2 Å². The van der Waals surface area contributed by atoms with E-state index in [0.717, 1.165) is 48.3 Å². The van der Waals surface area contributed by atoms with Crippen LogP contribution in [0.4, 0.5) is 13.2 Å². The lowest BCUT2D eigenvalue weighted by molar-refractivity contribution is -0.262. The van der Waals surface area contributed by atoms with Gasteiger partial charge in [0.2, 0.25) is 0 Å². The van der Waals surface area contributed by atoms with Crippen molar-refractivity contribution >= 4 is 23.4 Å². The van der Waals surface area contributed by atoms with Crippen molar-refractivity contribution in [3.8, 4) is 5.75 Å². The Morgan fingerprint density at radius 1 is 1.10 bits per heavy atom. The molecule has 2 amide bonds. The molecular weight excluding hydrogens is 533 g/mol. The van der Waals surface area contributed by atoms with Gasteiger partial charge < -0.3 is 19.6 Å². The van der Waals surface area contributed by atoms with E-state index in [4.69, 9.17) is 16.3 Å². The topological polar surface area (TPSA) is 70.1 Å². The Labute approximate surface area is 232 Å². The number of benzene rings is 2. The molecular formula is C29H36ClF3N2O4. The fourth-order valence-electron chi connectivity index (χ4n) is 4.99. The summed E-state index contributed by atoms with van der Waals surface area (Å²) in [5.41, 5.74) is -2.84. The predicted octanol–water partition coefficient (Wildman–Crippen LogP) is 5.84. The number of amides is 2. The van der Waals surface area contributed by atoms with Gasteiger partial charge >= 0.3 is 6.18 Å². The average Bonchev–Trinajstić information content (AvgIpc) is 2.89. The van der Waals surface area contributed by atoms with Crippen LogP contribution in [0.15, 0.2) is 42.5 Å². The second kappa shape index (κ2) is 12.2. The zero-order valence-corrected chi connectivity index (χ0v) is 23.5. The summed E-state index contributed by atoms with van der Waals surface area (Å²) in [6, 6.07) is 10.3. The largest absolute Gasteiger partial charge is 0.497 e. The lowest BCUT2D eigenvalue weighted by atomic mass is 9.75. The highest BCUT2D eigenvalue weighted by molar-refractivity contribution is 6.33. The first-order chi connectivity index (χ1) is 18.2. The molecule has 0 spiro atoms. The first-order valence-electron chi connectivity index (χ1n) is 12.9. The normalized spacial score (nSPS) is 16.9. The molecule has 10 heteroatoms. The van der Waals surface area contributed by atoms with E-state index in [-0.39, 0.29) is 30.2 Å². The van der Waals surface area contributed by atoms with Gasteiger partial charge in [-0.05, 0) is 67.3 Å². The van der Waals surface area contributed by atoms with Gasteiger partial charge in [-0.1, -0.05) is 43.1 Å². The quantitative estimate of drug-likeness (QED) is 0.386. The fraction of sp³-hybridized carbons (Fsp3) is 0.517. The Morgan fingerprint density at radius 2 is 1.77 bits per heavy atom. The molecule has 214 valence electrons. The van der Waals surface area contributed by atoms with Gasteiger partial charge in [0.15, 0.2) is 0 Å². The molecule has 1 unspecified atom stereocenters. The number of hydrogen-bond donors (Lipinski definition) is 1. The van der Waals surface area contributed by atoms with E-state index in [2.05, 4.69) is 6.92 Å². The summed E-state index contributed by atoms with van der Waals surface area (Å²) < 4.78 is 47.2. The molecule has 1 heterocycles. The van der Waals surface area contributed by atoms with Crippen LogP contribution in [0.25, 0.3) is 0 Å². The van der Waals surface area contributed by atoms with Crippen molar-refractivity contribution in [1.82, 2.24) is 9.80 Å². The first-order valence-corrected chi connectivity index (χ1v) is 13.3. The summed E-state index contributed by atoms with van der Waals surface area (Å²) in [6.45, 7) is 2.36. The molecule has 6 nitrogen and oxygen atoms in total. The summed E-state index contributed by atoms with van der Waals surface area (Å²) in [7, 11) is 4.65. The Balaban J connectivity index is 1.57. The highest BCUT2D eigenvalue weighted by Crippen LogP contribution is 2.43. The van der Waals surface area contributed by atoms with Gasteiger partial charge in [-0.15, -0.1) is 0 Å². The molecule has 1 N–H and O–H groups in total. The molecule has 1 atom stereocenters. The number of nitrogens with zero attached hydrogens (tertiary/aromatic N) is 2. The third kappa shape index (κ3) is 6.87. The molecule has 1 aliphatic rings. The molecule has 3 rings (SSSR count). The first kappa shape index (κ1) is 30.8. The van der Waals surface area contributed by atoms with Gasteiger partial charge in [0.05, 0.1) is 17.7 Å². The molecule has 0 aliphatic carbocycles. The van der Waals surface area contributed by atoms with E-state index < -0.39 is 23.2 Å². The van der Waals surface area contributed by atoms with Gasteiger partial charge in [-0.3, -0.25) is 9.59 Å². The van der Waals surface area contributed by atoms with E-state index in [0.29, 0.717) is 23.4 Å². The smallest absolute Gasteiger partial charge is 0.430 e. The highest BCUT2D eigenvalue weighted by Gasteiger charge is 2.62. The molecule has 0 bridgehead atoms. The van der Waals surface area contributed by atoms with Crippen LogP contribution in [0.3, 0.4) is 0 Å². The standard InChI is InChI=1S/C29H36ClF3N2O4/c1-27(13-6-5-8-20-11-12-23(24(30)18-20)25(36)34(2)3)14-16-35(17-15-27)26(37)28(38,29(31,32)33)21-9-7-10-22(19-21)39-4/h7,9-12,18-19,38H,5-6,8,13-17H2,1-4H3. The number of ether oxygens (including phenoxy) is 1. The number of carbonyl (C=O) groups is 2. The second-order valence-corrected chi connectivity index (χ2v) is 11.2. The third-order valence-corrected chi connectivity index (χ3v) is 7.94. The molecule has 0 saturated carbocycles. The predicted molar refractivity (Wildman–Crippen MR) is 144 cm³/mol. The molecule has 0 aromatic heterocycles. The van der Waals surface area contributed by atoms with Crippen LogP contribution >= 0.6 is 11.6 Å². The van der Waals surface area contributed by atoms with Crippen LogP contribution in [0, 0.1) is 5.41 Å². The van der Waals surface area contributed by atoms with Crippen molar-refractivity contribution in [2.75, 3.05) is 34.3 Å². The van der Waals surface area contributed by atoms with Gasteiger partial charge in [-0.25, -0.2) is 0 Å². The maximum Gasteiger partial charge on any atom is 0.430 e. The Morgan fingerprint density at radius 3 is 2.33 bits per heavy atom.